The number of aliphatic hydroxyl groups excluding tert-OH is 1. The van der Waals surface area contributed by atoms with Crippen LogP contribution in [0.15, 0.2) is 0 Å². The largest absolute Gasteiger partial charge is 0.444 e. The van der Waals surface area contributed by atoms with Crippen LogP contribution in [0.25, 0.3) is 0 Å². The van der Waals surface area contributed by atoms with E-state index in [0.29, 0.717) is 13.1 Å². The standard InChI is InChI=1S/C17H33N3O4/c1-12(11-20(5)16(23)24-17(2,3)4)10-18-15(22)19-13-6-8-14(21)9-7-13/h12-14,21H,6-11H2,1-5H3,(H2,18,19,22)/t12-,13?,14?/m1/s1. The number of nitrogens with zero attached hydrogens (tertiary/aromatic N) is 1. The summed E-state index contributed by atoms with van der Waals surface area (Å²) in [7, 11) is 1.69. The molecule has 0 heterocycles. The second-order valence-corrected chi connectivity index (χ2v) is 7.83. The molecule has 1 aliphatic carbocycles. The number of hydrogen-bond donors (Lipinski definition) is 3. The van der Waals surface area contributed by atoms with Crippen LogP contribution in [0.3, 0.4) is 0 Å². The van der Waals surface area contributed by atoms with Crippen molar-refractivity contribution >= 4 is 12.1 Å². The molecule has 0 aromatic rings. The van der Waals surface area contributed by atoms with Gasteiger partial charge in [0.05, 0.1) is 6.10 Å². The fourth-order valence-corrected chi connectivity index (χ4v) is 2.67. The van der Waals surface area contributed by atoms with E-state index in [9.17, 15) is 14.7 Å². The van der Waals surface area contributed by atoms with Crippen LogP contribution in [0.2, 0.25) is 0 Å². The molecule has 140 valence electrons. The lowest BCUT2D eigenvalue weighted by molar-refractivity contribution is 0.0277. The fourth-order valence-electron chi connectivity index (χ4n) is 2.67. The van der Waals surface area contributed by atoms with Crippen LogP contribution in [0.5, 0.6) is 0 Å². The molecule has 0 aliphatic heterocycles. The highest BCUT2D eigenvalue weighted by atomic mass is 16.6. The molecule has 3 amide bonds. The van der Waals surface area contributed by atoms with E-state index in [1.807, 2.05) is 27.7 Å². The number of aliphatic hydroxyl groups is 1. The molecule has 0 saturated heterocycles. The van der Waals surface area contributed by atoms with Crippen molar-refractivity contribution in [3.05, 3.63) is 0 Å². The quantitative estimate of drug-likeness (QED) is 0.713. The SMILES string of the molecule is C[C@H](CNC(=O)NC1CCC(O)CC1)CN(C)C(=O)OC(C)(C)C. The third-order valence-electron chi connectivity index (χ3n) is 3.93. The van der Waals surface area contributed by atoms with Gasteiger partial charge in [-0.2, -0.15) is 0 Å². The number of hydrogen-bond acceptors (Lipinski definition) is 4. The monoisotopic (exact) mass is 343 g/mol. The van der Waals surface area contributed by atoms with Crippen LogP contribution < -0.4 is 10.6 Å². The Kier molecular flexibility index (Phi) is 7.79. The van der Waals surface area contributed by atoms with E-state index in [-0.39, 0.29) is 30.2 Å². The average Bonchev–Trinajstić information content (AvgIpc) is 2.46. The smallest absolute Gasteiger partial charge is 0.410 e. The van der Waals surface area contributed by atoms with E-state index >= 15 is 0 Å². The summed E-state index contributed by atoms with van der Waals surface area (Å²) in [6, 6.07) is -0.0590. The Balaban J connectivity index is 2.23. The molecule has 7 heteroatoms. The Labute approximate surface area is 145 Å². The van der Waals surface area contributed by atoms with Gasteiger partial charge < -0.3 is 25.4 Å². The Morgan fingerprint density at radius 2 is 1.83 bits per heavy atom. The molecule has 1 fully saturated rings. The minimum Gasteiger partial charge on any atom is -0.444 e. The zero-order valence-electron chi connectivity index (χ0n) is 15.6. The Bertz CT molecular complexity index is 415. The summed E-state index contributed by atoms with van der Waals surface area (Å²) >= 11 is 0. The lowest BCUT2D eigenvalue weighted by Gasteiger charge is -2.27. The minimum atomic E-state index is -0.514. The Hall–Kier alpha value is -1.50. The zero-order chi connectivity index (χ0) is 18.3. The van der Waals surface area contributed by atoms with Gasteiger partial charge in [-0.3, -0.25) is 0 Å². The third-order valence-corrected chi connectivity index (χ3v) is 3.93. The van der Waals surface area contributed by atoms with Crippen LogP contribution >= 0.6 is 0 Å². The van der Waals surface area contributed by atoms with E-state index in [0.717, 1.165) is 25.7 Å². The third kappa shape index (κ3) is 8.38. The first kappa shape index (κ1) is 20.5. The highest BCUT2D eigenvalue weighted by molar-refractivity contribution is 5.74. The molecule has 7 nitrogen and oxygen atoms in total. The van der Waals surface area contributed by atoms with Crippen molar-refractivity contribution in [2.24, 2.45) is 5.92 Å². The van der Waals surface area contributed by atoms with Gasteiger partial charge in [0, 0.05) is 26.2 Å². The number of nitrogens with one attached hydrogen (secondary N) is 2. The summed E-state index contributed by atoms with van der Waals surface area (Å²) in [5, 5.41) is 15.2. The zero-order valence-corrected chi connectivity index (χ0v) is 15.6. The molecule has 0 bridgehead atoms. The van der Waals surface area contributed by atoms with Gasteiger partial charge in [-0.05, 0) is 52.4 Å². The number of rotatable bonds is 5. The van der Waals surface area contributed by atoms with E-state index in [4.69, 9.17) is 4.74 Å². The van der Waals surface area contributed by atoms with Crippen LogP contribution in [0.1, 0.15) is 53.4 Å². The van der Waals surface area contributed by atoms with E-state index < -0.39 is 5.60 Å². The van der Waals surface area contributed by atoms with Gasteiger partial charge in [-0.25, -0.2) is 9.59 Å². The molecule has 0 unspecified atom stereocenters. The number of carbonyl (C=O) groups is 2. The van der Waals surface area contributed by atoms with Crippen molar-refractivity contribution in [3.8, 4) is 0 Å². The van der Waals surface area contributed by atoms with Gasteiger partial charge in [-0.1, -0.05) is 6.92 Å². The second-order valence-electron chi connectivity index (χ2n) is 7.83. The molecule has 0 aromatic heterocycles. The maximum atomic E-state index is 11.9. The highest BCUT2D eigenvalue weighted by Gasteiger charge is 2.22. The molecular formula is C17H33N3O4. The predicted octanol–water partition coefficient (Wildman–Crippen LogP) is 2.09. The summed E-state index contributed by atoms with van der Waals surface area (Å²) in [4.78, 5) is 25.3. The van der Waals surface area contributed by atoms with Gasteiger partial charge in [0.2, 0.25) is 0 Å². The number of amides is 3. The summed E-state index contributed by atoms with van der Waals surface area (Å²) < 4.78 is 5.30. The van der Waals surface area contributed by atoms with Gasteiger partial charge in [0.15, 0.2) is 0 Å². The molecule has 0 aromatic carbocycles. The first-order valence-electron chi connectivity index (χ1n) is 8.73. The first-order chi connectivity index (χ1) is 11.1. The summed E-state index contributed by atoms with van der Waals surface area (Å²) in [5.41, 5.74) is -0.514. The van der Waals surface area contributed by atoms with Crippen molar-refractivity contribution in [2.45, 2.75) is 71.1 Å². The van der Waals surface area contributed by atoms with Gasteiger partial charge in [-0.15, -0.1) is 0 Å². The Morgan fingerprint density at radius 1 is 1.25 bits per heavy atom. The molecule has 1 atom stereocenters. The minimum absolute atomic E-state index is 0.112. The molecular weight excluding hydrogens is 310 g/mol. The lowest BCUT2D eigenvalue weighted by atomic mass is 9.93. The molecule has 24 heavy (non-hydrogen) atoms. The summed E-state index contributed by atoms with van der Waals surface area (Å²) in [6.07, 6.45) is 2.51. The number of ether oxygens (including phenoxy) is 1. The van der Waals surface area contributed by atoms with Gasteiger partial charge in [0.25, 0.3) is 0 Å². The normalized spacial score (nSPS) is 22.4. The van der Waals surface area contributed by atoms with Crippen LogP contribution in [-0.2, 0) is 4.74 Å². The first-order valence-corrected chi connectivity index (χ1v) is 8.73. The van der Waals surface area contributed by atoms with E-state index in [2.05, 4.69) is 10.6 Å². The molecule has 1 saturated carbocycles. The lowest BCUT2D eigenvalue weighted by Crippen LogP contribution is -2.46. The van der Waals surface area contributed by atoms with Gasteiger partial charge in [0.1, 0.15) is 5.60 Å². The van der Waals surface area contributed by atoms with E-state index in [1.165, 1.54) is 4.90 Å². The Morgan fingerprint density at radius 3 is 2.38 bits per heavy atom. The maximum absolute atomic E-state index is 11.9. The van der Waals surface area contributed by atoms with Crippen molar-refractivity contribution in [1.29, 1.82) is 0 Å². The van der Waals surface area contributed by atoms with E-state index in [1.54, 1.807) is 7.05 Å². The van der Waals surface area contributed by atoms with Crippen molar-refractivity contribution in [3.63, 3.8) is 0 Å². The number of urea groups is 1. The second kappa shape index (κ2) is 9.11. The summed E-state index contributed by atoms with van der Waals surface area (Å²) in [5.74, 6) is 0.112. The molecule has 1 aliphatic rings. The molecule has 3 N–H and O–H groups in total. The topological polar surface area (TPSA) is 90.9 Å². The molecule has 0 spiro atoms. The van der Waals surface area contributed by atoms with Crippen molar-refractivity contribution in [1.82, 2.24) is 15.5 Å². The average molecular weight is 343 g/mol. The van der Waals surface area contributed by atoms with Crippen LogP contribution in [0, 0.1) is 5.92 Å². The predicted molar refractivity (Wildman–Crippen MR) is 92.8 cm³/mol. The van der Waals surface area contributed by atoms with Crippen LogP contribution in [-0.4, -0.2) is 60.0 Å². The number of carbonyl (C=O) groups excluding carboxylic acids is 2. The molecule has 0 radical (unpaired) electrons. The van der Waals surface area contributed by atoms with Crippen LogP contribution in [0.4, 0.5) is 9.59 Å². The fraction of sp³-hybridized carbons (Fsp3) is 0.882. The van der Waals surface area contributed by atoms with Crippen molar-refractivity contribution < 1.29 is 19.4 Å². The maximum Gasteiger partial charge on any atom is 0.410 e. The van der Waals surface area contributed by atoms with Gasteiger partial charge >= 0.3 is 12.1 Å². The highest BCUT2D eigenvalue weighted by Crippen LogP contribution is 2.18. The van der Waals surface area contributed by atoms with Crippen molar-refractivity contribution in [2.75, 3.05) is 20.1 Å². The molecule has 1 rings (SSSR count). The summed E-state index contributed by atoms with van der Waals surface area (Å²) in [6.45, 7) is 8.45.